The van der Waals surface area contributed by atoms with Gasteiger partial charge in [0, 0.05) is 12.7 Å². The molecule has 0 N–H and O–H groups in total. The van der Waals surface area contributed by atoms with E-state index >= 15 is 0 Å². The van der Waals surface area contributed by atoms with Crippen molar-refractivity contribution in [2.45, 2.75) is 26.3 Å². The van der Waals surface area contributed by atoms with Crippen LogP contribution in [0.5, 0.6) is 0 Å². The molecule has 0 amide bonds. The lowest BCUT2D eigenvalue weighted by Gasteiger charge is -2.09. The van der Waals surface area contributed by atoms with Gasteiger partial charge in [-0.2, -0.15) is 0 Å². The maximum Gasteiger partial charge on any atom is 0.0726 e. The number of hydrogen-bond donors (Lipinski definition) is 0. The van der Waals surface area contributed by atoms with Gasteiger partial charge in [0.2, 0.25) is 0 Å². The molecule has 72 valence electrons. The summed E-state index contributed by atoms with van der Waals surface area (Å²) in [6.07, 6.45) is 3.72. The van der Waals surface area contributed by atoms with Crippen molar-refractivity contribution in [1.82, 2.24) is 14.9 Å². The Morgan fingerprint density at radius 3 is 2.31 bits per heavy atom. The van der Waals surface area contributed by atoms with Gasteiger partial charge >= 0.3 is 0 Å². The minimum atomic E-state index is 0.459. The van der Waals surface area contributed by atoms with Crippen LogP contribution in [-0.4, -0.2) is 29.0 Å². The highest BCUT2D eigenvalue weighted by Gasteiger charge is 2.01. The Labute approximate surface area is 79.8 Å². The van der Waals surface area contributed by atoms with Crippen LogP contribution in [0.4, 0.5) is 0 Å². The van der Waals surface area contributed by atoms with Crippen molar-refractivity contribution in [3.05, 3.63) is 23.8 Å². The summed E-state index contributed by atoms with van der Waals surface area (Å²) >= 11 is 0. The molecule has 0 spiro atoms. The molecule has 0 saturated heterocycles. The second kappa shape index (κ2) is 4.33. The largest absolute Gasteiger partial charge is 0.304 e. The van der Waals surface area contributed by atoms with Gasteiger partial charge in [-0.25, -0.2) is 0 Å². The van der Waals surface area contributed by atoms with Crippen molar-refractivity contribution in [3.8, 4) is 0 Å². The summed E-state index contributed by atoms with van der Waals surface area (Å²) in [6, 6.07) is 0. The quantitative estimate of drug-likeness (QED) is 0.706. The molecule has 0 aliphatic rings. The smallest absolute Gasteiger partial charge is 0.0726 e. The maximum absolute atomic E-state index is 4.34. The lowest BCUT2D eigenvalue weighted by Crippen LogP contribution is -2.12. The van der Waals surface area contributed by atoms with E-state index in [1.165, 1.54) is 0 Å². The van der Waals surface area contributed by atoms with Gasteiger partial charge in [0.1, 0.15) is 0 Å². The van der Waals surface area contributed by atoms with Crippen LogP contribution in [0.25, 0.3) is 0 Å². The van der Waals surface area contributed by atoms with E-state index in [0.717, 1.165) is 17.9 Å². The van der Waals surface area contributed by atoms with Gasteiger partial charge < -0.3 is 4.90 Å². The summed E-state index contributed by atoms with van der Waals surface area (Å²) in [5.74, 6) is 0.459. The Balaban J connectivity index is 2.70. The van der Waals surface area contributed by atoms with Gasteiger partial charge in [-0.3, -0.25) is 9.97 Å². The fourth-order valence-corrected chi connectivity index (χ4v) is 1.07. The zero-order valence-corrected chi connectivity index (χ0v) is 8.78. The molecular weight excluding hydrogens is 162 g/mol. The van der Waals surface area contributed by atoms with Gasteiger partial charge in [0.15, 0.2) is 0 Å². The van der Waals surface area contributed by atoms with Crippen LogP contribution < -0.4 is 0 Å². The second-order valence-corrected chi connectivity index (χ2v) is 3.83. The number of aromatic nitrogens is 2. The maximum atomic E-state index is 4.34. The van der Waals surface area contributed by atoms with Gasteiger partial charge in [-0.15, -0.1) is 0 Å². The first kappa shape index (κ1) is 10.1. The molecule has 0 atom stereocenters. The van der Waals surface area contributed by atoms with Crippen LogP contribution >= 0.6 is 0 Å². The molecule has 1 aromatic rings. The van der Waals surface area contributed by atoms with Crippen molar-refractivity contribution in [2.24, 2.45) is 0 Å². The number of nitrogens with zero attached hydrogens (tertiary/aromatic N) is 3. The summed E-state index contributed by atoms with van der Waals surface area (Å²) in [5, 5.41) is 0. The molecule has 3 nitrogen and oxygen atoms in total. The molecule has 0 saturated carbocycles. The first-order chi connectivity index (χ1) is 6.09. The van der Waals surface area contributed by atoms with Crippen molar-refractivity contribution in [2.75, 3.05) is 14.1 Å². The lowest BCUT2D eigenvalue weighted by atomic mass is 10.1. The first-order valence-corrected chi connectivity index (χ1v) is 4.55. The highest BCUT2D eigenvalue weighted by atomic mass is 15.1. The third-order valence-corrected chi connectivity index (χ3v) is 1.80. The van der Waals surface area contributed by atoms with Crippen LogP contribution in [-0.2, 0) is 6.54 Å². The molecule has 0 aromatic carbocycles. The molecule has 0 fully saturated rings. The van der Waals surface area contributed by atoms with Crippen LogP contribution in [0.1, 0.15) is 31.2 Å². The Kier molecular flexibility index (Phi) is 3.37. The van der Waals surface area contributed by atoms with Crippen LogP contribution in [0.2, 0.25) is 0 Å². The fourth-order valence-electron chi connectivity index (χ4n) is 1.07. The van der Waals surface area contributed by atoms with E-state index in [4.69, 9.17) is 0 Å². The van der Waals surface area contributed by atoms with Gasteiger partial charge in [0.05, 0.1) is 17.6 Å². The van der Waals surface area contributed by atoms with Crippen LogP contribution in [0.15, 0.2) is 12.4 Å². The molecular formula is C10H17N3. The molecule has 1 heterocycles. The molecule has 3 heteroatoms. The van der Waals surface area contributed by atoms with Crippen molar-refractivity contribution in [1.29, 1.82) is 0 Å². The monoisotopic (exact) mass is 179 g/mol. The molecule has 0 radical (unpaired) electrons. The lowest BCUT2D eigenvalue weighted by molar-refractivity contribution is 0.396. The van der Waals surface area contributed by atoms with Crippen LogP contribution in [0, 0.1) is 0 Å². The Bertz CT molecular complexity index is 251. The van der Waals surface area contributed by atoms with Crippen molar-refractivity contribution < 1.29 is 0 Å². The zero-order valence-electron chi connectivity index (χ0n) is 8.78. The summed E-state index contributed by atoms with van der Waals surface area (Å²) in [6.45, 7) is 5.09. The Hall–Kier alpha value is -0.960. The average Bonchev–Trinajstić information content (AvgIpc) is 2.04. The van der Waals surface area contributed by atoms with E-state index in [2.05, 4.69) is 28.7 Å². The average molecular weight is 179 g/mol. The molecule has 0 unspecified atom stereocenters. The van der Waals surface area contributed by atoms with Crippen molar-refractivity contribution in [3.63, 3.8) is 0 Å². The second-order valence-electron chi connectivity index (χ2n) is 3.83. The van der Waals surface area contributed by atoms with E-state index in [1.807, 2.05) is 26.5 Å². The number of hydrogen-bond acceptors (Lipinski definition) is 3. The molecule has 0 aliphatic heterocycles. The third kappa shape index (κ3) is 3.11. The van der Waals surface area contributed by atoms with Gasteiger partial charge in [0.25, 0.3) is 0 Å². The summed E-state index contributed by atoms with van der Waals surface area (Å²) in [5.41, 5.74) is 2.08. The Morgan fingerprint density at radius 2 is 1.92 bits per heavy atom. The first-order valence-electron chi connectivity index (χ1n) is 4.55. The fraction of sp³-hybridized carbons (Fsp3) is 0.600. The van der Waals surface area contributed by atoms with E-state index in [0.29, 0.717) is 5.92 Å². The SMILES string of the molecule is CC(C)c1cnc(CN(C)C)cn1. The molecule has 0 bridgehead atoms. The normalized spacial score (nSPS) is 11.2. The summed E-state index contributed by atoms with van der Waals surface area (Å²) in [7, 11) is 4.05. The molecule has 13 heavy (non-hydrogen) atoms. The topological polar surface area (TPSA) is 29.0 Å². The van der Waals surface area contributed by atoms with E-state index in [-0.39, 0.29) is 0 Å². The van der Waals surface area contributed by atoms with E-state index < -0.39 is 0 Å². The minimum absolute atomic E-state index is 0.459. The predicted molar refractivity (Wildman–Crippen MR) is 53.5 cm³/mol. The minimum Gasteiger partial charge on any atom is -0.304 e. The van der Waals surface area contributed by atoms with Gasteiger partial charge in [-0.05, 0) is 20.0 Å². The van der Waals surface area contributed by atoms with Gasteiger partial charge in [-0.1, -0.05) is 13.8 Å². The highest BCUT2D eigenvalue weighted by Crippen LogP contribution is 2.09. The van der Waals surface area contributed by atoms with E-state index in [1.54, 1.807) is 0 Å². The molecule has 1 rings (SSSR count). The summed E-state index contributed by atoms with van der Waals surface area (Å²) < 4.78 is 0. The standard InChI is InChI=1S/C10H17N3/c1-8(2)10-6-11-9(5-12-10)7-13(3)4/h5-6,8H,7H2,1-4H3. The molecule has 0 aliphatic carbocycles. The zero-order chi connectivity index (χ0) is 9.84. The highest BCUT2D eigenvalue weighted by molar-refractivity contribution is 5.05. The van der Waals surface area contributed by atoms with Crippen LogP contribution in [0.3, 0.4) is 0 Å². The number of rotatable bonds is 3. The molecule has 1 aromatic heterocycles. The predicted octanol–water partition coefficient (Wildman–Crippen LogP) is 1.66. The third-order valence-electron chi connectivity index (χ3n) is 1.80. The Morgan fingerprint density at radius 1 is 1.23 bits per heavy atom. The summed E-state index contributed by atoms with van der Waals surface area (Å²) in [4.78, 5) is 10.8. The van der Waals surface area contributed by atoms with Crippen molar-refractivity contribution >= 4 is 0 Å². The van der Waals surface area contributed by atoms with E-state index in [9.17, 15) is 0 Å².